The Morgan fingerprint density at radius 3 is 1.85 bits per heavy atom. The van der Waals surface area contributed by atoms with Gasteiger partial charge >= 0.3 is 0 Å². The van der Waals surface area contributed by atoms with Crippen molar-refractivity contribution in [2.75, 3.05) is 14.1 Å². The van der Waals surface area contributed by atoms with E-state index in [9.17, 15) is 8.42 Å². The Balaban J connectivity index is 1.85. The van der Waals surface area contributed by atoms with Gasteiger partial charge in [-0.15, -0.1) is 0 Å². The summed E-state index contributed by atoms with van der Waals surface area (Å²) in [5, 5.41) is 7.17. The Bertz CT molecular complexity index is 834. The van der Waals surface area contributed by atoms with Crippen LogP contribution in [0.15, 0.2) is 53.5 Å². The second kappa shape index (κ2) is 9.56. The fourth-order valence-corrected chi connectivity index (χ4v) is 3.14. The summed E-state index contributed by atoms with van der Waals surface area (Å²) in [5.74, 6) is 0.656. The van der Waals surface area contributed by atoms with Crippen molar-refractivity contribution in [2.24, 2.45) is 4.99 Å². The van der Waals surface area contributed by atoms with Crippen LogP contribution in [-0.2, 0) is 28.9 Å². The number of hydrogen-bond acceptors (Lipinski definition) is 3. The Labute approximate surface area is 159 Å². The van der Waals surface area contributed by atoms with Crippen molar-refractivity contribution in [3.8, 4) is 0 Å². The van der Waals surface area contributed by atoms with Crippen molar-refractivity contribution in [3.05, 3.63) is 70.2 Å². The molecule has 0 atom stereocenters. The molecule has 2 aromatic carbocycles. The molecular weight excluding hydrogens is 372 g/mol. The molecule has 6 nitrogen and oxygen atoms in total. The molecule has 0 aromatic heterocycles. The first-order valence-electron chi connectivity index (χ1n) is 8.10. The number of nitrogens with zero attached hydrogens (tertiary/aromatic N) is 1. The minimum absolute atomic E-state index is 0.0263. The Kier molecular flexibility index (Phi) is 7.44. The standard InChI is InChI=1S/C18H23ClN4O2S/c1-20-18(23-12-15-7-9-17(19)10-8-15)22-11-14-3-5-16(6-4-14)13-26(24,25)21-2/h3-10,21H,11-13H2,1-2H3,(H2,20,22,23). The first-order valence-corrected chi connectivity index (χ1v) is 10.1. The maximum Gasteiger partial charge on any atom is 0.215 e. The molecular formula is C18H23ClN4O2S. The van der Waals surface area contributed by atoms with Crippen LogP contribution in [0.5, 0.6) is 0 Å². The highest BCUT2D eigenvalue weighted by Crippen LogP contribution is 2.09. The number of nitrogens with one attached hydrogen (secondary N) is 3. The average Bonchev–Trinajstić information content (AvgIpc) is 2.64. The fourth-order valence-electron chi connectivity index (χ4n) is 2.24. The lowest BCUT2D eigenvalue weighted by molar-refractivity contribution is 0.587. The van der Waals surface area contributed by atoms with Gasteiger partial charge in [-0.3, -0.25) is 4.99 Å². The Hall–Kier alpha value is -2.09. The topological polar surface area (TPSA) is 82.6 Å². The van der Waals surface area contributed by atoms with Gasteiger partial charge in [0, 0.05) is 25.2 Å². The summed E-state index contributed by atoms with van der Waals surface area (Å²) < 4.78 is 25.4. The lowest BCUT2D eigenvalue weighted by Crippen LogP contribution is -2.36. The molecule has 0 spiro atoms. The second-order valence-electron chi connectivity index (χ2n) is 5.69. The van der Waals surface area contributed by atoms with Crippen molar-refractivity contribution in [2.45, 2.75) is 18.8 Å². The molecule has 0 amide bonds. The molecule has 2 rings (SSSR count). The lowest BCUT2D eigenvalue weighted by atomic mass is 10.1. The highest BCUT2D eigenvalue weighted by atomic mass is 35.5. The number of aliphatic imine (C=N–C) groups is 1. The lowest BCUT2D eigenvalue weighted by Gasteiger charge is -2.12. The monoisotopic (exact) mass is 394 g/mol. The Morgan fingerprint density at radius 2 is 1.38 bits per heavy atom. The van der Waals surface area contributed by atoms with E-state index in [2.05, 4.69) is 20.3 Å². The molecule has 0 saturated carbocycles. The van der Waals surface area contributed by atoms with Crippen molar-refractivity contribution in [3.63, 3.8) is 0 Å². The Morgan fingerprint density at radius 1 is 0.923 bits per heavy atom. The van der Waals surface area contributed by atoms with Crippen LogP contribution >= 0.6 is 11.6 Å². The van der Waals surface area contributed by atoms with E-state index in [4.69, 9.17) is 11.6 Å². The summed E-state index contributed by atoms with van der Waals surface area (Å²) in [6, 6.07) is 15.1. The van der Waals surface area contributed by atoms with Crippen LogP contribution in [0, 0.1) is 0 Å². The van der Waals surface area contributed by atoms with Gasteiger partial charge in [-0.05, 0) is 35.9 Å². The zero-order valence-corrected chi connectivity index (χ0v) is 16.4. The summed E-state index contributed by atoms with van der Waals surface area (Å²) >= 11 is 5.88. The molecule has 8 heteroatoms. The largest absolute Gasteiger partial charge is 0.352 e. The summed E-state index contributed by atoms with van der Waals surface area (Å²) in [5.41, 5.74) is 2.88. The first-order chi connectivity index (χ1) is 12.4. The van der Waals surface area contributed by atoms with E-state index in [1.54, 1.807) is 7.05 Å². The average molecular weight is 395 g/mol. The number of halogens is 1. The number of benzene rings is 2. The van der Waals surface area contributed by atoms with Gasteiger partial charge < -0.3 is 10.6 Å². The maximum atomic E-state index is 11.6. The molecule has 0 saturated heterocycles. The molecule has 0 heterocycles. The van der Waals surface area contributed by atoms with Gasteiger partial charge in [0.05, 0.1) is 5.75 Å². The highest BCUT2D eigenvalue weighted by Gasteiger charge is 2.08. The fraction of sp³-hybridized carbons (Fsp3) is 0.278. The number of rotatable bonds is 7. The molecule has 0 radical (unpaired) electrons. The molecule has 26 heavy (non-hydrogen) atoms. The summed E-state index contributed by atoms with van der Waals surface area (Å²) in [4.78, 5) is 4.19. The minimum atomic E-state index is -3.25. The van der Waals surface area contributed by atoms with E-state index in [0.29, 0.717) is 24.1 Å². The van der Waals surface area contributed by atoms with Crippen LogP contribution in [0.2, 0.25) is 5.02 Å². The number of hydrogen-bond donors (Lipinski definition) is 3. The van der Waals surface area contributed by atoms with E-state index < -0.39 is 10.0 Å². The first kappa shape index (κ1) is 20.2. The van der Waals surface area contributed by atoms with E-state index in [1.807, 2.05) is 48.5 Å². The molecule has 0 unspecified atom stereocenters. The van der Waals surface area contributed by atoms with Crippen molar-refractivity contribution < 1.29 is 8.42 Å². The van der Waals surface area contributed by atoms with E-state index >= 15 is 0 Å². The smallest absolute Gasteiger partial charge is 0.215 e. The quantitative estimate of drug-likeness (QED) is 0.497. The van der Waals surface area contributed by atoms with Crippen LogP contribution in [0.1, 0.15) is 16.7 Å². The molecule has 0 aliphatic heterocycles. The van der Waals surface area contributed by atoms with Gasteiger partial charge in [-0.25, -0.2) is 13.1 Å². The summed E-state index contributed by atoms with van der Waals surface area (Å²) in [6.45, 7) is 1.22. The normalized spacial score (nSPS) is 12.0. The van der Waals surface area contributed by atoms with Crippen LogP contribution in [-0.4, -0.2) is 28.5 Å². The van der Waals surface area contributed by atoms with Crippen LogP contribution in [0.3, 0.4) is 0 Å². The molecule has 140 valence electrons. The molecule has 3 N–H and O–H groups in total. The second-order valence-corrected chi connectivity index (χ2v) is 8.05. The van der Waals surface area contributed by atoms with Gasteiger partial charge in [0.2, 0.25) is 10.0 Å². The third-order valence-electron chi connectivity index (χ3n) is 3.75. The van der Waals surface area contributed by atoms with Crippen molar-refractivity contribution in [1.82, 2.24) is 15.4 Å². The van der Waals surface area contributed by atoms with E-state index in [-0.39, 0.29) is 5.75 Å². The third-order valence-corrected chi connectivity index (χ3v) is 5.33. The van der Waals surface area contributed by atoms with Crippen molar-refractivity contribution >= 4 is 27.6 Å². The van der Waals surface area contributed by atoms with Gasteiger partial charge in [-0.2, -0.15) is 0 Å². The van der Waals surface area contributed by atoms with Crippen LogP contribution in [0.25, 0.3) is 0 Å². The molecule has 0 aliphatic carbocycles. The zero-order valence-electron chi connectivity index (χ0n) is 14.8. The highest BCUT2D eigenvalue weighted by molar-refractivity contribution is 7.88. The summed E-state index contributed by atoms with van der Waals surface area (Å²) in [6.07, 6.45) is 0. The molecule has 0 fully saturated rings. The van der Waals surface area contributed by atoms with Crippen LogP contribution in [0.4, 0.5) is 0 Å². The SMILES string of the molecule is CN=C(NCc1ccc(Cl)cc1)NCc1ccc(CS(=O)(=O)NC)cc1. The molecule has 0 aliphatic rings. The molecule has 0 bridgehead atoms. The number of guanidine groups is 1. The van der Waals surface area contributed by atoms with Gasteiger partial charge in [0.25, 0.3) is 0 Å². The van der Waals surface area contributed by atoms with E-state index in [1.165, 1.54) is 7.05 Å². The van der Waals surface area contributed by atoms with Crippen molar-refractivity contribution in [1.29, 1.82) is 0 Å². The van der Waals surface area contributed by atoms with Gasteiger partial charge in [0.15, 0.2) is 5.96 Å². The minimum Gasteiger partial charge on any atom is -0.352 e. The summed E-state index contributed by atoms with van der Waals surface area (Å²) in [7, 11) is -0.130. The van der Waals surface area contributed by atoms with Gasteiger partial charge in [-0.1, -0.05) is 48.0 Å². The maximum absolute atomic E-state index is 11.6. The number of sulfonamides is 1. The third kappa shape index (κ3) is 6.67. The zero-order chi connectivity index (χ0) is 19.0. The predicted octanol–water partition coefficient (Wildman–Crippen LogP) is 2.25. The molecule has 2 aromatic rings. The predicted molar refractivity (Wildman–Crippen MR) is 107 cm³/mol. The van der Waals surface area contributed by atoms with E-state index in [0.717, 1.165) is 16.7 Å². The van der Waals surface area contributed by atoms with Crippen LogP contribution < -0.4 is 15.4 Å². The van der Waals surface area contributed by atoms with Gasteiger partial charge in [0.1, 0.15) is 0 Å².